The molecule has 0 fully saturated rings. The van der Waals surface area contributed by atoms with Gasteiger partial charge < -0.3 is 15.8 Å². The number of halogens is 1. The summed E-state index contributed by atoms with van der Waals surface area (Å²) in [6.07, 6.45) is 2.19. The van der Waals surface area contributed by atoms with Gasteiger partial charge in [0.25, 0.3) is 5.91 Å². The van der Waals surface area contributed by atoms with Crippen molar-refractivity contribution in [2.24, 2.45) is 5.10 Å². The molecule has 4 rings (SSSR count). The van der Waals surface area contributed by atoms with Crippen LogP contribution in [0.4, 0.5) is 10.2 Å². The number of aromatic nitrogens is 3. The van der Waals surface area contributed by atoms with Crippen LogP contribution in [0.3, 0.4) is 0 Å². The first-order chi connectivity index (χ1) is 15.1. The van der Waals surface area contributed by atoms with Gasteiger partial charge in [0.1, 0.15) is 22.7 Å². The monoisotopic (exact) mass is 420 g/mol. The van der Waals surface area contributed by atoms with E-state index in [2.05, 4.69) is 20.4 Å². The van der Waals surface area contributed by atoms with Crippen molar-refractivity contribution in [3.05, 3.63) is 65.5 Å². The first kappa shape index (κ1) is 20.4. The maximum absolute atomic E-state index is 13.2. The quantitative estimate of drug-likeness (QED) is 0.353. The molecule has 2 aromatic heterocycles. The van der Waals surface area contributed by atoms with Gasteiger partial charge in [-0.3, -0.25) is 4.79 Å². The molecular weight excluding hydrogens is 399 g/mol. The van der Waals surface area contributed by atoms with E-state index in [9.17, 15) is 9.18 Å². The van der Waals surface area contributed by atoms with Crippen molar-refractivity contribution < 1.29 is 13.9 Å². The predicted octanol–water partition coefficient (Wildman–Crippen LogP) is 2.95. The Kier molecular flexibility index (Phi) is 5.85. The molecule has 1 amide bonds. The molecule has 0 bridgehead atoms. The average Bonchev–Trinajstić information content (AvgIpc) is 3.05. The zero-order valence-electron chi connectivity index (χ0n) is 16.9. The average molecular weight is 420 g/mol. The lowest BCUT2D eigenvalue weighted by molar-refractivity contribution is 0.0951. The third-order valence-electron chi connectivity index (χ3n) is 4.70. The maximum atomic E-state index is 13.2. The molecule has 0 aliphatic rings. The summed E-state index contributed by atoms with van der Waals surface area (Å²) in [7, 11) is 1.60. The number of ether oxygens (including phenoxy) is 1. The van der Waals surface area contributed by atoms with Gasteiger partial charge in [0.15, 0.2) is 5.65 Å². The highest BCUT2D eigenvalue weighted by Crippen LogP contribution is 2.27. The molecule has 31 heavy (non-hydrogen) atoms. The van der Waals surface area contributed by atoms with E-state index in [1.165, 1.54) is 23.0 Å². The zero-order chi connectivity index (χ0) is 21.8. The lowest BCUT2D eigenvalue weighted by atomic mass is 10.2. The van der Waals surface area contributed by atoms with Gasteiger partial charge >= 0.3 is 0 Å². The van der Waals surface area contributed by atoms with Crippen molar-refractivity contribution >= 4 is 40.1 Å². The van der Waals surface area contributed by atoms with Crippen LogP contribution in [0, 0.1) is 5.82 Å². The molecule has 0 radical (unpaired) electrons. The number of fused-ring (bicyclic) bond motifs is 2. The molecule has 8 nitrogen and oxygen atoms in total. The molecule has 0 saturated carbocycles. The first-order valence-electron chi connectivity index (χ1n) is 9.72. The van der Waals surface area contributed by atoms with Crippen LogP contribution in [0.5, 0.6) is 0 Å². The van der Waals surface area contributed by atoms with E-state index in [1.54, 1.807) is 19.2 Å². The van der Waals surface area contributed by atoms with Crippen molar-refractivity contribution in [3.63, 3.8) is 0 Å². The maximum Gasteiger partial charge on any atom is 0.257 e. The standard InChI is InChI=1S/C22H21FN6O2/c1-31-12-4-11-25-22(30)18-19-21(28-17-6-3-2-5-16(17)27-19)29(20(18)24)26-13-14-7-9-15(23)10-8-14/h2-3,5-10,13H,4,11-12,24H2,1H3,(H,25,30). The number of anilines is 1. The SMILES string of the molecule is COCCCNC(=O)c1c(N)n(N=Cc2ccc(F)cc2)c2nc3ccccc3nc12. The number of carbonyl (C=O) groups is 1. The number of nitrogens with one attached hydrogen (secondary N) is 1. The summed E-state index contributed by atoms with van der Waals surface area (Å²) in [4.78, 5) is 22.1. The summed E-state index contributed by atoms with van der Waals surface area (Å²) in [6, 6.07) is 13.2. The van der Waals surface area contributed by atoms with E-state index in [1.807, 2.05) is 24.3 Å². The Balaban J connectivity index is 1.80. The molecule has 0 spiro atoms. The zero-order valence-corrected chi connectivity index (χ0v) is 16.9. The fraction of sp³-hybridized carbons (Fsp3) is 0.182. The second-order valence-corrected chi connectivity index (χ2v) is 6.85. The molecule has 0 atom stereocenters. The van der Waals surface area contributed by atoms with E-state index >= 15 is 0 Å². The number of rotatable bonds is 7. The van der Waals surface area contributed by atoms with Gasteiger partial charge in [0.05, 0.1) is 17.2 Å². The van der Waals surface area contributed by atoms with Crippen LogP contribution >= 0.6 is 0 Å². The Labute approximate surface area is 177 Å². The molecule has 4 aromatic rings. The molecule has 9 heteroatoms. The number of benzene rings is 2. The van der Waals surface area contributed by atoms with E-state index in [-0.39, 0.29) is 23.1 Å². The summed E-state index contributed by atoms with van der Waals surface area (Å²) in [5.41, 5.74) is 9.21. The smallest absolute Gasteiger partial charge is 0.257 e. The van der Waals surface area contributed by atoms with Crippen molar-refractivity contribution in [1.82, 2.24) is 20.0 Å². The number of hydrogen-bond donors (Lipinski definition) is 2. The Morgan fingerprint density at radius 1 is 1.19 bits per heavy atom. The molecule has 2 heterocycles. The van der Waals surface area contributed by atoms with Gasteiger partial charge in [-0.15, -0.1) is 0 Å². The van der Waals surface area contributed by atoms with Crippen LogP contribution in [-0.4, -0.2) is 47.0 Å². The minimum Gasteiger partial charge on any atom is -0.385 e. The molecule has 0 aliphatic heterocycles. The second kappa shape index (κ2) is 8.88. The van der Waals surface area contributed by atoms with Gasteiger partial charge in [0, 0.05) is 20.3 Å². The predicted molar refractivity (Wildman–Crippen MR) is 118 cm³/mol. The van der Waals surface area contributed by atoms with Crippen molar-refractivity contribution in [3.8, 4) is 0 Å². The normalized spacial score (nSPS) is 11.5. The third kappa shape index (κ3) is 4.22. The van der Waals surface area contributed by atoms with Crippen molar-refractivity contribution in [2.45, 2.75) is 6.42 Å². The van der Waals surface area contributed by atoms with Crippen molar-refractivity contribution in [1.29, 1.82) is 0 Å². The molecule has 158 valence electrons. The van der Waals surface area contributed by atoms with Crippen molar-refractivity contribution in [2.75, 3.05) is 26.0 Å². The van der Waals surface area contributed by atoms with Gasteiger partial charge in [-0.2, -0.15) is 9.78 Å². The number of nitrogen functional groups attached to an aromatic ring is 1. The lowest BCUT2D eigenvalue weighted by Crippen LogP contribution is -2.26. The van der Waals surface area contributed by atoms with Gasteiger partial charge in [0.2, 0.25) is 0 Å². The lowest BCUT2D eigenvalue weighted by Gasteiger charge is -2.05. The van der Waals surface area contributed by atoms with E-state index in [0.29, 0.717) is 47.3 Å². The van der Waals surface area contributed by atoms with Gasteiger partial charge in [-0.25, -0.2) is 14.4 Å². The van der Waals surface area contributed by atoms with E-state index in [0.717, 1.165) is 0 Å². The number of carbonyl (C=O) groups excluding carboxylic acids is 1. The van der Waals surface area contributed by atoms with E-state index < -0.39 is 0 Å². The van der Waals surface area contributed by atoms with Crippen LogP contribution in [0.2, 0.25) is 0 Å². The van der Waals surface area contributed by atoms with Crippen LogP contribution in [0.15, 0.2) is 53.6 Å². The minimum atomic E-state index is -0.362. The van der Waals surface area contributed by atoms with Crippen LogP contribution in [0.25, 0.3) is 22.2 Å². The van der Waals surface area contributed by atoms with Crippen LogP contribution in [0.1, 0.15) is 22.3 Å². The summed E-state index contributed by atoms with van der Waals surface area (Å²) in [5, 5.41) is 7.23. The highest BCUT2D eigenvalue weighted by Gasteiger charge is 2.23. The molecule has 0 aliphatic carbocycles. The van der Waals surface area contributed by atoms with Crippen LogP contribution in [-0.2, 0) is 4.74 Å². The summed E-state index contributed by atoms with van der Waals surface area (Å²) < 4.78 is 19.6. The third-order valence-corrected chi connectivity index (χ3v) is 4.70. The Bertz CT molecular complexity index is 1270. The van der Waals surface area contributed by atoms with Crippen LogP contribution < -0.4 is 11.1 Å². The van der Waals surface area contributed by atoms with Gasteiger partial charge in [-0.05, 0) is 36.2 Å². The Morgan fingerprint density at radius 3 is 2.61 bits per heavy atom. The topological polar surface area (TPSA) is 107 Å². The highest BCUT2D eigenvalue weighted by atomic mass is 19.1. The molecule has 0 unspecified atom stereocenters. The number of para-hydroxylation sites is 2. The van der Waals surface area contributed by atoms with E-state index in [4.69, 9.17) is 10.5 Å². The van der Waals surface area contributed by atoms with Gasteiger partial charge in [-0.1, -0.05) is 24.3 Å². The minimum absolute atomic E-state index is 0.118. The molecular formula is C22H21FN6O2. The summed E-state index contributed by atoms with van der Waals surface area (Å²) >= 11 is 0. The number of nitrogens with zero attached hydrogens (tertiary/aromatic N) is 4. The number of amides is 1. The number of methoxy groups -OCH3 is 1. The fourth-order valence-electron chi connectivity index (χ4n) is 3.17. The largest absolute Gasteiger partial charge is 0.385 e. The molecule has 2 aromatic carbocycles. The first-order valence-corrected chi connectivity index (χ1v) is 9.72. The Hall–Kier alpha value is -3.85. The molecule has 0 saturated heterocycles. The second-order valence-electron chi connectivity index (χ2n) is 6.85. The Morgan fingerprint density at radius 2 is 1.90 bits per heavy atom. The summed E-state index contributed by atoms with van der Waals surface area (Å²) in [6.45, 7) is 0.961. The number of nitrogens with two attached hydrogens (primary N) is 1. The highest BCUT2D eigenvalue weighted by molar-refractivity contribution is 6.10. The fourth-order valence-corrected chi connectivity index (χ4v) is 3.17. The summed E-state index contributed by atoms with van der Waals surface area (Å²) in [5.74, 6) is -0.584. The number of hydrogen-bond acceptors (Lipinski definition) is 6. The molecule has 3 N–H and O–H groups in total.